The molecule has 1 unspecified atom stereocenters. The molecule has 1 heterocycles. The molecule has 146 valence electrons. The van der Waals surface area contributed by atoms with Gasteiger partial charge in [-0.05, 0) is 49.7 Å². The average molecular weight is 484 g/mol. The standard InChI is InChI=1S/C21H26FN2O2.HI/c1-3-7-21-23(4-2)19-8-5-6-9-20(19)24(21)14-17(25)15-26-18-12-10-16(22)11-13-18;/h5-6,8-13,17,25H,3-4,7,14-15H2,1-2H3;1H/q+1;/p-1. The normalized spacial score (nSPS) is 12.0. The van der Waals surface area contributed by atoms with Crippen LogP contribution in [0.3, 0.4) is 0 Å². The SMILES string of the molecule is CCCc1n(CC)c2ccccc2[n+]1CC(O)COc1ccc(F)cc1.[I-]. The van der Waals surface area contributed by atoms with E-state index in [1.54, 1.807) is 12.1 Å². The lowest BCUT2D eigenvalue weighted by atomic mass is 10.3. The van der Waals surface area contributed by atoms with Gasteiger partial charge in [0.25, 0.3) is 5.82 Å². The Bertz CT molecular complexity index is 864. The first-order valence-electron chi connectivity index (χ1n) is 9.20. The minimum Gasteiger partial charge on any atom is -1.00 e. The number of aromatic nitrogens is 2. The lowest BCUT2D eigenvalue weighted by Gasteiger charge is -2.12. The molecule has 0 aliphatic carbocycles. The Morgan fingerprint density at radius 2 is 1.81 bits per heavy atom. The van der Waals surface area contributed by atoms with Crippen LogP contribution in [-0.4, -0.2) is 22.4 Å². The molecule has 0 aliphatic rings. The summed E-state index contributed by atoms with van der Waals surface area (Å²) in [5, 5.41) is 10.5. The number of para-hydroxylation sites is 2. The molecule has 1 N–H and O–H groups in total. The van der Waals surface area contributed by atoms with E-state index < -0.39 is 6.10 Å². The maximum atomic E-state index is 13.0. The second-order valence-corrected chi connectivity index (χ2v) is 6.43. The third-order valence-electron chi connectivity index (χ3n) is 4.53. The Hall–Kier alpha value is -1.67. The van der Waals surface area contributed by atoms with Crippen molar-refractivity contribution in [1.82, 2.24) is 4.57 Å². The molecule has 0 saturated heterocycles. The summed E-state index contributed by atoms with van der Waals surface area (Å²) < 4.78 is 23.1. The van der Waals surface area contributed by atoms with Crippen LogP contribution in [-0.2, 0) is 19.5 Å². The summed E-state index contributed by atoms with van der Waals surface area (Å²) in [6.45, 7) is 5.82. The zero-order chi connectivity index (χ0) is 18.5. The monoisotopic (exact) mass is 484 g/mol. The van der Waals surface area contributed by atoms with Crippen LogP contribution < -0.4 is 33.3 Å². The molecule has 3 aromatic rings. The number of halogens is 2. The fourth-order valence-electron chi connectivity index (χ4n) is 3.38. The minimum absolute atomic E-state index is 0. The van der Waals surface area contributed by atoms with Crippen LogP contribution in [0.25, 0.3) is 11.0 Å². The van der Waals surface area contributed by atoms with Crippen molar-refractivity contribution < 1.29 is 42.8 Å². The van der Waals surface area contributed by atoms with E-state index in [4.69, 9.17) is 4.74 Å². The van der Waals surface area contributed by atoms with Gasteiger partial charge in [-0.1, -0.05) is 19.1 Å². The number of aliphatic hydroxyl groups is 1. The number of hydrogen-bond donors (Lipinski definition) is 1. The fourth-order valence-corrected chi connectivity index (χ4v) is 3.38. The number of rotatable bonds is 8. The van der Waals surface area contributed by atoms with Crippen molar-refractivity contribution in [2.75, 3.05) is 6.61 Å². The number of benzene rings is 2. The van der Waals surface area contributed by atoms with Crippen molar-refractivity contribution in [2.45, 2.75) is 45.9 Å². The average Bonchev–Trinajstić information content (AvgIpc) is 2.94. The second kappa shape index (κ2) is 10.0. The molecule has 27 heavy (non-hydrogen) atoms. The van der Waals surface area contributed by atoms with Crippen LogP contribution in [0.4, 0.5) is 4.39 Å². The number of fused-ring (bicyclic) bond motifs is 1. The van der Waals surface area contributed by atoms with Gasteiger partial charge >= 0.3 is 0 Å². The topological polar surface area (TPSA) is 38.3 Å². The van der Waals surface area contributed by atoms with E-state index in [-0.39, 0.29) is 36.4 Å². The van der Waals surface area contributed by atoms with Crippen molar-refractivity contribution in [1.29, 1.82) is 0 Å². The Morgan fingerprint density at radius 3 is 2.48 bits per heavy atom. The van der Waals surface area contributed by atoms with E-state index in [2.05, 4.69) is 35.1 Å². The number of aliphatic hydroxyl groups excluding tert-OH is 1. The Labute approximate surface area is 176 Å². The number of aryl methyl sites for hydroxylation is 1. The number of ether oxygens (including phenoxy) is 1. The molecule has 0 spiro atoms. The van der Waals surface area contributed by atoms with Crippen molar-refractivity contribution in [3.8, 4) is 5.75 Å². The van der Waals surface area contributed by atoms with Gasteiger partial charge in [0, 0.05) is 6.42 Å². The van der Waals surface area contributed by atoms with E-state index in [0.717, 1.165) is 24.9 Å². The van der Waals surface area contributed by atoms with Crippen LogP contribution in [0.1, 0.15) is 26.1 Å². The van der Waals surface area contributed by atoms with Crippen molar-refractivity contribution in [3.05, 3.63) is 60.2 Å². The van der Waals surface area contributed by atoms with Crippen molar-refractivity contribution in [2.24, 2.45) is 0 Å². The van der Waals surface area contributed by atoms with Crippen LogP contribution in [0.15, 0.2) is 48.5 Å². The van der Waals surface area contributed by atoms with Gasteiger partial charge in [-0.2, -0.15) is 0 Å². The second-order valence-electron chi connectivity index (χ2n) is 6.43. The Kier molecular flexibility index (Phi) is 8.04. The predicted octanol–water partition coefficient (Wildman–Crippen LogP) is 0.484. The van der Waals surface area contributed by atoms with Crippen LogP contribution >= 0.6 is 0 Å². The fraction of sp³-hybridized carbons (Fsp3) is 0.381. The van der Waals surface area contributed by atoms with Gasteiger partial charge in [-0.3, -0.25) is 0 Å². The van der Waals surface area contributed by atoms with Crippen molar-refractivity contribution >= 4 is 11.0 Å². The Balaban J connectivity index is 0.00000261. The van der Waals surface area contributed by atoms with Crippen LogP contribution in [0, 0.1) is 5.82 Å². The predicted molar refractivity (Wildman–Crippen MR) is 99.7 cm³/mol. The number of nitrogens with zero attached hydrogens (tertiary/aromatic N) is 2. The third-order valence-corrected chi connectivity index (χ3v) is 4.53. The highest BCUT2D eigenvalue weighted by Crippen LogP contribution is 2.16. The van der Waals surface area contributed by atoms with Gasteiger partial charge in [-0.15, -0.1) is 0 Å². The zero-order valence-electron chi connectivity index (χ0n) is 15.7. The summed E-state index contributed by atoms with van der Waals surface area (Å²) in [7, 11) is 0. The molecular formula is C21H26FIN2O2. The summed E-state index contributed by atoms with van der Waals surface area (Å²) >= 11 is 0. The highest BCUT2D eigenvalue weighted by atomic mass is 127. The molecule has 1 aromatic heterocycles. The minimum atomic E-state index is -0.656. The first-order valence-corrected chi connectivity index (χ1v) is 9.20. The van der Waals surface area contributed by atoms with Gasteiger partial charge in [-0.25, -0.2) is 13.5 Å². The first-order chi connectivity index (χ1) is 12.6. The van der Waals surface area contributed by atoms with Gasteiger partial charge < -0.3 is 33.8 Å². The molecule has 1 atom stereocenters. The molecule has 6 heteroatoms. The quantitative estimate of drug-likeness (QED) is 0.374. The van der Waals surface area contributed by atoms with Crippen LogP contribution in [0.2, 0.25) is 0 Å². The highest BCUT2D eigenvalue weighted by Gasteiger charge is 2.25. The molecule has 0 fully saturated rings. The summed E-state index contributed by atoms with van der Waals surface area (Å²) in [5.74, 6) is 1.47. The van der Waals surface area contributed by atoms with Crippen molar-refractivity contribution in [3.63, 3.8) is 0 Å². The third kappa shape index (κ3) is 4.99. The summed E-state index contributed by atoms with van der Waals surface area (Å²) in [5.41, 5.74) is 2.31. The molecule has 0 saturated carbocycles. The summed E-state index contributed by atoms with van der Waals surface area (Å²) in [6.07, 6.45) is 1.34. The highest BCUT2D eigenvalue weighted by molar-refractivity contribution is 5.72. The van der Waals surface area contributed by atoms with E-state index in [0.29, 0.717) is 12.3 Å². The largest absolute Gasteiger partial charge is 1.00 e. The lowest BCUT2D eigenvalue weighted by molar-refractivity contribution is -0.687. The molecule has 0 amide bonds. The zero-order valence-corrected chi connectivity index (χ0v) is 17.9. The maximum Gasteiger partial charge on any atom is 0.257 e. The molecule has 0 radical (unpaired) electrons. The first kappa shape index (κ1) is 21.6. The number of imidazole rings is 1. The van der Waals surface area contributed by atoms with Crippen LogP contribution in [0.5, 0.6) is 5.75 Å². The van der Waals surface area contributed by atoms with Gasteiger partial charge in [0.2, 0.25) is 0 Å². The smallest absolute Gasteiger partial charge is 0.257 e. The summed E-state index contributed by atoms with van der Waals surface area (Å²) in [4.78, 5) is 0. The van der Waals surface area contributed by atoms with E-state index >= 15 is 0 Å². The lowest BCUT2D eigenvalue weighted by Crippen LogP contribution is -3.00. The van der Waals surface area contributed by atoms with Gasteiger partial charge in [0.1, 0.15) is 30.8 Å². The maximum absolute atomic E-state index is 13.0. The number of hydrogen-bond acceptors (Lipinski definition) is 2. The molecule has 3 rings (SSSR count). The molecule has 4 nitrogen and oxygen atoms in total. The summed E-state index contributed by atoms with van der Waals surface area (Å²) in [6, 6.07) is 14.1. The molecule has 2 aromatic carbocycles. The Morgan fingerprint density at radius 1 is 1.11 bits per heavy atom. The van der Waals surface area contributed by atoms with E-state index in [1.165, 1.54) is 23.5 Å². The van der Waals surface area contributed by atoms with Gasteiger partial charge in [0.05, 0.1) is 6.54 Å². The van der Waals surface area contributed by atoms with E-state index in [1.807, 2.05) is 12.1 Å². The molecule has 0 aliphatic heterocycles. The van der Waals surface area contributed by atoms with E-state index in [9.17, 15) is 9.50 Å². The molecule has 0 bridgehead atoms. The molecular weight excluding hydrogens is 458 g/mol. The van der Waals surface area contributed by atoms with Gasteiger partial charge in [0.15, 0.2) is 11.0 Å².